The van der Waals surface area contributed by atoms with E-state index < -0.39 is 35.8 Å². The lowest BCUT2D eigenvalue weighted by molar-refractivity contribution is -0.136. The number of urea groups is 1. The number of pyridine rings is 1. The van der Waals surface area contributed by atoms with Crippen LogP contribution in [0.1, 0.15) is 32.9 Å². The van der Waals surface area contributed by atoms with Crippen molar-refractivity contribution < 1.29 is 23.9 Å². The highest BCUT2D eigenvalue weighted by atomic mass is 32.1. The number of nitrogens with zero attached hydrogens (tertiary/aromatic N) is 2. The third-order valence-electron chi connectivity index (χ3n) is 6.10. The maximum atomic E-state index is 13.3. The number of nitrogens with two attached hydrogens (primary N) is 1. The van der Waals surface area contributed by atoms with Crippen LogP contribution >= 0.6 is 11.3 Å². The standard InChI is InChI=1S/C23H22N6O5S/c1-11-9-12(2)25-20-16(11)17(24)18(35-20)19(31)28-27-15(30)10-29-21(32)23(26-22(29)33)7-8-34-14-6-4-3-5-13(14)23/h3-6,9H,7-8,10,24H2,1-2H3,(H,26,33)(H,27,30)(H,28,31)/t23-/m1/s1. The molecule has 0 bridgehead atoms. The number of hydrogen-bond donors (Lipinski definition) is 4. The van der Waals surface area contributed by atoms with Crippen molar-refractivity contribution in [2.75, 3.05) is 18.9 Å². The monoisotopic (exact) mass is 494 g/mol. The number of carbonyl (C=O) groups excluding carboxylic acids is 4. The molecule has 0 saturated carbocycles. The highest BCUT2D eigenvalue weighted by molar-refractivity contribution is 7.21. The number of nitrogen functional groups attached to an aromatic ring is 1. The van der Waals surface area contributed by atoms with Gasteiger partial charge in [0, 0.05) is 23.1 Å². The number of carbonyl (C=O) groups is 4. The van der Waals surface area contributed by atoms with Gasteiger partial charge >= 0.3 is 6.03 Å². The molecule has 1 spiro atoms. The Labute approximate surface area is 203 Å². The number of benzene rings is 1. The first-order valence-corrected chi connectivity index (χ1v) is 11.6. The van der Waals surface area contributed by atoms with Gasteiger partial charge in [-0.25, -0.2) is 9.78 Å². The lowest BCUT2D eigenvalue weighted by Crippen LogP contribution is -2.49. The summed E-state index contributed by atoms with van der Waals surface area (Å²) in [6.07, 6.45) is 0.238. The molecule has 11 nitrogen and oxygen atoms in total. The van der Waals surface area contributed by atoms with E-state index in [1.807, 2.05) is 19.9 Å². The number of rotatable bonds is 3. The molecule has 1 fully saturated rings. The minimum absolute atomic E-state index is 0.203. The molecule has 12 heteroatoms. The molecular weight excluding hydrogens is 472 g/mol. The molecule has 0 aliphatic carbocycles. The number of ether oxygens (including phenoxy) is 1. The molecule has 5 N–H and O–H groups in total. The summed E-state index contributed by atoms with van der Waals surface area (Å²) in [5.74, 6) is -1.41. The van der Waals surface area contributed by atoms with Crippen molar-refractivity contribution in [1.29, 1.82) is 0 Å². The van der Waals surface area contributed by atoms with Gasteiger partial charge in [0.25, 0.3) is 17.7 Å². The van der Waals surface area contributed by atoms with Crippen LogP contribution in [0.25, 0.3) is 10.2 Å². The van der Waals surface area contributed by atoms with Crippen molar-refractivity contribution in [3.63, 3.8) is 0 Å². The first-order valence-electron chi connectivity index (χ1n) is 10.8. The highest BCUT2D eigenvalue weighted by Crippen LogP contribution is 2.41. The molecule has 1 atom stereocenters. The van der Waals surface area contributed by atoms with Crippen LogP contribution in [0.5, 0.6) is 5.75 Å². The van der Waals surface area contributed by atoms with Crippen molar-refractivity contribution in [2.45, 2.75) is 25.8 Å². The van der Waals surface area contributed by atoms with Crippen LogP contribution < -0.4 is 26.6 Å². The minimum atomic E-state index is -1.29. The zero-order valence-corrected chi connectivity index (χ0v) is 19.7. The molecule has 3 aromatic rings. The van der Waals surface area contributed by atoms with Crippen LogP contribution in [-0.2, 0) is 15.1 Å². The van der Waals surface area contributed by atoms with Crippen molar-refractivity contribution in [3.05, 3.63) is 52.0 Å². The summed E-state index contributed by atoms with van der Waals surface area (Å²) in [5, 5.41) is 3.41. The SMILES string of the molecule is Cc1cc(C)c2c(N)c(C(=O)NNC(=O)CN3C(=O)N[C@@]4(CCOc5ccccc54)C3=O)sc2n1. The number of para-hydroxylation sites is 1. The molecule has 4 heterocycles. The number of fused-ring (bicyclic) bond motifs is 3. The van der Waals surface area contributed by atoms with E-state index in [2.05, 4.69) is 21.2 Å². The van der Waals surface area contributed by atoms with Gasteiger partial charge in [-0.2, -0.15) is 0 Å². The number of anilines is 1. The maximum Gasteiger partial charge on any atom is 0.325 e. The van der Waals surface area contributed by atoms with Gasteiger partial charge in [-0.1, -0.05) is 18.2 Å². The Bertz CT molecular complexity index is 1420. The van der Waals surface area contributed by atoms with Gasteiger partial charge in [-0.3, -0.25) is 30.1 Å². The molecule has 0 radical (unpaired) electrons. The average Bonchev–Trinajstić information content (AvgIpc) is 3.27. The van der Waals surface area contributed by atoms with Crippen molar-refractivity contribution in [3.8, 4) is 5.75 Å². The van der Waals surface area contributed by atoms with E-state index in [-0.39, 0.29) is 23.6 Å². The van der Waals surface area contributed by atoms with Gasteiger partial charge in [0.05, 0.1) is 12.3 Å². The molecule has 2 aromatic heterocycles. The van der Waals surface area contributed by atoms with Gasteiger partial charge in [-0.05, 0) is 31.5 Å². The van der Waals surface area contributed by atoms with E-state index in [4.69, 9.17) is 10.5 Å². The number of amides is 5. The number of hydrogen-bond acceptors (Lipinski definition) is 8. The number of nitrogens with one attached hydrogen (secondary N) is 3. The van der Waals surface area contributed by atoms with E-state index in [0.29, 0.717) is 21.5 Å². The van der Waals surface area contributed by atoms with Crippen LogP contribution in [0.4, 0.5) is 10.5 Å². The Balaban J connectivity index is 1.28. The zero-order chi connectivity index (χ0) is 24.9. The number of hydrazine groups is 1. The Morgan fingerprint density at radius 2 is 2.03 bits per heavy atom. The maximum absolute atomic E-state index is 13.3. The second-order valence-electron chi connectivity index (χ2n) is 8.43. The third kappa shape index (κ3) is 3.62. The minimum Gasteiger partial charge on any atom is -0.493 e. The molecular formula is C23H22N6O5S. The fourth-order valence-corrected chi connectivity index (χ4v) is 5.63. The van der Waals surface area contributed by atoms with E-state index in [1.54, 1.807) is 24.3 Å². The highest BCUT2D eigenvalue weighted by Gasteiger charge is 2.55. The second-order valence-corrected chi connectivity index (χ2v) is 9.43. The third-order valence-corrected chi connectivity index (χ3v) is 7.20. The fraction of sp³-hybridized carbons (Fsp3) is 0.261. The van der Waals surface area contributed by atoms with Crippen molar-refractivity contribution in [2.24, 2.45) is 0 Å². The van der Waals surface area contributed by atoms with Gasteiger partial charge < -0.3 is 15.8 Å². The van der Waals surface area contributed by atoms with Gasteiger partial charge in [0.2, 0.25) is 0 Å². The summed E-state index contributed by atoms with van der Waals surface area (Å²) >= 11 is 1.11. The lowest BCUT2D eigenvalue weighted by Gasteiger charge is -2.33. The predicted octanol–water partition coefficient (Wildman–Crippen LogP) is 1.49. The van der Waals surface area contributed by atoms with Crippen LogP contribution in [0.3, 0.4) is 0 Å². The van der Waals surface area contributed by atoms with Crippen LogP contribution in [0.15, 0.2) is 30.3 Å². The van der Waals surface area contributed by atoms with E-state index in [0.717, 1.165) is 27.5 Å². The van der Waals surface area contributed by atoms with E-state index in [9.17, 15) is 19.2 Å². The molecule has 2 aliphatic rings. The topological polar surface area (TPSA) is 156 Å². The molecule has 180 valence electrons. The number of aryl methyl sites for hydroxylation is 2. The van der Waals surface area contributed by atoms with E-state index in [1.165, 1.54) is 0 Å². The first kappa shape index (κ1) is 22.6. The lowest BCUT2D eigenvalue weighted by atomic mass is 9.84. The Kier molecular flexibility index (Phi) is 5.32. The zero-order valence-electron chi connectivity index (χ0n) is 18.9. The summed E-state index contributed by atoms with van der Waals surface area (Å²) < 4.78 is 5.60. The first-order chi connectivity index (χ1) is 16.7. The van der Waals surface area contributed by atoms with Gasteiger partial charge in [0.15, 0.2) is 5.54 Å². The molecule has 0 unspecified atom stereocenters. The number of imide groups is 1. The Morgan fingerprint density at radius 3 is 2.83 bits per heavy atom. The fourth-order valence-electron chi connectivity index (χ4n) is 4.52. The summed E-state index contributed by atoms with van der Waals surface area (Å²) in [6, 6.07) is 8.13. The quantitative estimate of drug-likeness (QED) is 0.317. The summed E-state index contributed by atoms with van der Waals surface area (Å²) in [7, 11) is 0. The van der Waals surface area contributed by atoms with E-state index >= 15 is 0 Å². The Morgan fingerprint density at radius 1 is 1.26 bits per heavy atom. The molecule has 1 aromatic carbocycles. The second kappa shape index (κ2) is 8.24. The number of thiophene rings is 1. The van der Waals surface area contributed by atoms with Crippen LogP contribution in [0.2, 0.25) is 0 Å². The molecule has 5 rings (SSSR count). The summed E-state index contributed by atoms with van der Waals surface area (Å²) in [5.41, 5.74) is 11.9. The number of aromatic nitrogens is 1. The van der Waals surface area contributed by atoms with Gasteiger partial charge in [-0.15, -0.1) is 11.3 Å². The Hall–Kier alpha value is -4.19. The summed E-state index contributed by atoms with van der Waals surface area (Å²) in [4.78, 5) is 57.2. The molecule has 5 amide bonds. The van der Waals surface area contributed by atoms with Crippen molar-refractivity contribution in [1.82, 2.24) is 26.1 Å². The molecule has 35 heavy (non-hydrogen) atoms. The van der Waals surface area contributed by atoms with Crippen molar-refractivity contribution >= 4 is 51.0 Å². The average molecular weight is 495 g/mol. The normalized spacial score (nSPS) is 18.9. The van der Waals surface area contributed by atoms with Crippen LogP contribution in [0, 0.1) is 13.8 Å². The largest absolute Gasteiger partial charge is 0.493 e. The predicted molar refractivity (Wildman–Crippen MR) is 128 cm³/mol. The smallest absolute Gasteiger partial charge is 0.325 e. The summed E-state index contributed by atoms with van der Waals surface area (Å²) in [6.45, 7) is 3.40. The van der Waals surface area contributed by atoms with Crippen LogP contribution in [-0.4, -0.2) is 46.8 Å². The molecule has 1 saturated heterocycles. The van der Waals surface area contributed by atoms with Gasteiger partial charge in [0.1, 0.15) is 22.0 Å². The molecule has 2 aliphatic heterocycles.